The van der Waals surface area contributed by atoms with E-state index < -0.39 is 261 Å². The van der Waals surface area contributed by atoms with Crippen LogP contribution in [-0.4, -0.2) is 332 Å². The lowest BCUT2D eigenvalue weighted by molar-refractivity contribution is -0.392. The molecule has 21 aliphatic heterocycles. The summed E-state index contributed by atoms with van der Waals surface area (Å²) in [4.78, 5) is 0. The van der Waals surface area contributed by atoms with Gasteiger partial charge >= 0.3 is 0 Å². The van der Waals surface area contributed by atoms with Crippen molar-refractivity contribution < 1.29 is 138 Å². The molecular formula is C42H84N14O28. The van der Waals surface area contributed by atoms with Gasteiger partial charge in [-0.25, -0.2) is 0 Å². The Morgan fingerprint density at radius 3 is 0.381 bits per heavy atom. The molecule has 0 spiro atoms. The van der Waals surface area contributed by atoms with E-state index in [1.165, 1.54) is 0 Å². The SMILES string of the molecule is NNC[C@H]1O[C@@H]2O[C@H]3[C@H](O)[C@@H](O)[C@@H](O[C@H]4[C@H](O)[C@@H](O)[C@@H](O[C@H]5[C@H](O)[C@@H](O)[C@@H](O[C@H]6[C@H](O)[C@@H](O)[C@@H](O[C@H]7[C@H](O)[C@@H](O)[C@@H](O[C@H]8[C@H](O)[C@@H](O)[C@@H](O[C@H]1[C@H](O)[C@H]2O)O[C@@H]8CNN)O[C@@H]7CNN)O[C@@H]6CNN)O[C@@H]5CNN)O[C@@H]4CNN)O[C@@H]3CNN. The molecule has 490 valence electrons. The largest absolute Gasteiger partial charge is 0.387 e. The smallest absolute Gasteiger partial charge is 0.187 e. The second-order valence-corrected chi connectivity index (χ2v) is 21.2. The van der Waals surface area contributed by atoms with E-state index in [-0.39, 0.29) is 0 Å². The topological polar surface area (TPSA) is 679 Å². The van der Waals surface area contributed by atoms with E-state index in [9.17, 15) is 71.5 Å². The van der Waals surface area contributed by atoms with E-state index in [4.69, 9.17) is 107 Å². The van der Waals surface area contributed by atoms with Crippen molar-refractivity contribution in [3.63, 3.8) is 0 Å². The first kappa shape index (κ1) is 68.2. The van der Waals surface area contributed by atoms with Crippen molar-refractivity contribution in [3.8, 4) is 0 Å². The second kappa shape index (κ2) is 30.4. The Hall–Kier alpha value is -1.68. The Bertz CT molecular complexity index is 1630. The van der Waals surface area contributed by atoms with Gasteiger partial charge in [0.1, 0.15) is 171 Å². The van der Waals surface area contributed by atoms with Crippen molar-refractivity contribution >= 4 is 0 Å². The summed E-state index contributed by atoms with van der Waals surface area (Å²) < 4.78 is 84.1. The molecule has 35 N–H and O–H groups in total. The molecule has 42 heteroatoms. The summed E-state index contributed by atoms with van der Waals surface area (Å²) in [6, 6.07) is 0. The Labute approximate surface area is 476 Å². The molecule has 21 fully saturated rings. The number of aliphatic hydroxyl groups excluding tert-OH is 14. The summed E-state index contributed by atoms with van der Waals surface area (Å²) in [6.07, 6.45) is -64.3. The van der Waals surface area contributed by atoms with E-state index in [0.717, 1.165) is 0 Å². The van der Waals surface area contributed by atoms with Gasteiger partial charge < -0.3 is 138 Å². The second-order valence-electron chi connectivity index (χ2n) is 21.2. The lowest BCUT2D eigenvalue weighted by Gasteiger charge is -2.50. The molecular weight excluding hydrogens is 1150 g/mol. The first-order chi connectivity index (χ1) is 40.2. The number of nitrogens with two attached hydrogens (primary N) is 7. The quantitative estimate of drug-likeness (QED) is 0.0567. The Morgan fingerprint density at radius 1 is 0.179 bits per heavy atom. The first-order valence-corrected chi connectivity index (χ1v) is 26.9. The van der Waals surface area contributed by atoms with Gasteiger partial charge in [-0.1, -0.05) is 0 Å². The molecule has 0 aromatic heterocycles. The van der Waals surface area contributed by atoms with Crippen molar-refractivity contribution in [2.45, 2.75) is 215 Å². The summed E-state index contributed by atoms with van der Waals surface area (Å²) >= 11 is 0. The van der Waals surface area contributed by atoms with Crippen LogP contribution < -0.4 is 78.9 Å². The third-order valence-corrected chi connectivity index (χ3v) is 15.8. The van der Waals surface area contributed by atoms with E-state index >= 15 is 0 Å². The zero-order chi connectivity index (χ0) is 61.0. The minimum absolute atomic E-state index is 0.393. The third-order valence-electron chi connectivity index (χ3n) is 15.8. The maximum absolute atomic E-state index is 11.7. The van der Waals surface area contributed by atoms with Gasteiger partial charge in [0.15, 0.2) is 44.0 Å². The molecule has 35 atom stereocenters. The van der Waals surface area contributed by atoms with Crippen molar-refractivity contribution in [2.24, 2.45) is 40.9 Å². The summed E-state index contributed by atoms with van der Waals surface area (Å²) in [6.45, 7) is -2.75. The number of hydrogen-bond donors (Lipinski definition) is 28. The minimum Gasteiger partial charge on any atom is -0.387 e. The highest BCUT2D eigenvalue weighted by Gasteiger charge is 2.59. The molecule has 0 aromatic rings. The predicted octanol–water partition coefficient (Wildman–Crippen LogP) is -18.9. The highest BCUT2D eigenvalue weighted by atomic mass is 16.8. The number of aliphatic hydroxyl groups is 14. The molecule has 0 aliphatic carbocycles. The van der Waals surface area contributed by atoms with Gasteiger partial charge in [-0.3, -0.25) is 78.9 Å². The lowest BCUT2D eigenvalue weighted by Crippen LogP contribution is -2.69. The molecule has 0 saturated carbocycles. The highest BCUT2D eigenvalue weighted by Crippen LogP contribution is 2.39. The van der Waals surface area contributed by atoms with E-state index in [0.29, 0.717) is 0 Å². The van der Waals surface area contributed by atoms with Crippen LogP contribution in [0.25, 0.3) is 0 Å². The summed E-state index contributed by atoms with van der Waals surface area (Å²) in [7, 11) is 0. The molecule has 14 bridgehead atoms. The lowest BCUT2D eigenvalue weighted by atomic mass is 9.94. The number of rotatable bonds is 14. The van der Waals surface area contributed by atoms with Crippen LogP contribution in [0.4, 0.5) is 0 Å². The number of hydrogen-bond acceptors (Lipinski definition) is 42. The summed E-state index contributed by atoms with van der Waals surface area (Å²) in [5.74, 6) is 39.8. The fourth-order valence-corrected chi connectivity index (χ4v) is 11.4. The molecule has 21 heterocycles. The van der Waals surface area contributed by atoms with Gasteiger partial charge in [-0.15, -0.1) is 0 Å². The molecule has 84 heavy (non-hydrogen) atoms. The van der Waals surface area contributed by atoms with Gasteiger partial charge in [0, 0.05) is 45.8 Å². The average molecular weight is 1230 g/mol. The van der Waals surface area contributed by atoms with Crippen LogP contribution in [0.3, 0.4) is 0 Å². The van der Waals surface area contributed by atoms with Crippen molar-refractivity contribution in [1.29, 1.82) is 0 Å². The Balaban J connectivity index is 1.12. The van der Waals surface area contributed by atoms with Crippen LogP contribution in [0.15, 0.2) is 0 Å². The van der Waals surface area contributed by atoms with Crippen molar-refractivity contribution in [2.75, 3.05) is 45.8 Å². The summed E-state index contributed by atoms with van der Waals surface area (Å²) in [5, 5.41) is 162. The predicted molar refractivity (Wildman–Crippen MR) is 264 cm³/mol. The molecule has 0 radical (unpaired) electrons. The molecule has 0 amide bonds. The fourth-order valence-electron chi connectivity index (χ4n) is 11.4. The van der Waals surface area contributed by atoms with Gasteiger partial charge in [-0.05, 0) is 0 Å². The van der Waals surface area contributed by atoms with Crippen LogP contribution in [-0.2, 0) is 66.3 Å². The Morgan fingerprint density at radius 2 is 0.286 bits per heavy atom. The first-order valence-electron chi connectivity index (χ1n) is 26.9. The van der Waals surface area contributed by atoms with Crippen molar-refractivity contribution in [1.82, 2.24) is 38.0 Å². The molecule has 42 nitrogen and oxygen atoms in total. The van der Waals surface area contributed by atoms with Gasteiger partial charge in [0.05, 0.1) is 0 Å². The van der Waals surface area contributed by atoms with Gasteiger partial charge in [-0.2, -0.15) is 0 Å². The standard InChI is InChI=1S/C42H84N14O28/c43-50-1-8-29-15(57)22(64)36(71-8)79-30-9(2-51-44)73-38(24(66)17(30)59)81-32-11(4-53-46)75-40(26(68)19(32)61)83-34-13(6-55-48)77-42(28(70)21(34)63)84-35-14(7-56-49)76-41(27(69)20(35)62)82-33-12(5-54-47)74-39(25(67)18(33)60)80-31-10(3-52-45)72-37(78-29)23(65)16(31)58/h8-42,50-70H,1-7,43-49H2/t8-,9-,10-,11-,12-,13-,14-,15-,16-,17-,18-,19-,20-,21-,22-,23-,24-,25-,26-,27-,28-,29-,30-,31-,32-,33-,34-,35-,36-,37-,38-,39-,40-,41-,42-/m1/s1. The maximum Gasteiger partial charge on any atom is 0.187 e. The molecule has 21 aliphatic rings. The van der Waals surface area contributed by atoms with Crippen LogP contribution in [0, 0.1) is 0 Å². The molecule has 21 rings (SSSR count). The van der Waals surface area contributed by atoms with Crippen molar-refractivity contribution in [3.05, 3.63) is 0 Å². The molecule has 21 saturated heterocycles. The zero-order valence-corrected chi connectivity index (χ0v) is 44.7. The maximum atomic E-state index is 11.7. The molecule has 0 aromatic carbocycles. The number of nitrogens with one attached hydrogen (secondary N) is 7. The number of ether oxygens (including phenoxy) is 14. The van der Waals surface area contributed by atoms with Crippen LogP contribution in [0.5, 0.6) is 0 Å². The highest BCUT2D eigenvalue weighted by molar-refractivity contribution is 5.02. The van der Waals surface area contributed by atoms with Gasteiger partial charge in [0.2, 0.25) is 0 Å². The monoisotopic (exact) mass is 1230 g/mol. The minimum atomic E-state index is -2.10. The van der Waals surface area contributed by atoms with Crippen LogP contribution in [0.2, 0.25) is 0 Å². The van der Waals surface area contributed by atoms with Gasteiger partial charge in [0.25, 0.3) is 0 Å². The van der Waals surface area contributed by atoms with E-state index in [2.05, 4.69) is 38.0 Å². The van der Waals surface area contributed by atoms with E-state index in [1.807, 2.05) is 0 Å². The fraction of sp³-hybridized carbons (Fsp3) is 1.00. The third kappa shape index (κ3) is 14.4. The average Bonchev–Trinajstić information content (AvgIpc) is 2.54. The zero-order valence-electron chi connectivity index (χ0n) is 44.7. The van der Waals surface area contributed by atoms with E-state index in [1.54, 1.807) is 0 Å². The number of hydrazine groups is 7. The molecule has 0 unspecified atom stereocenters. The summed E-state index contributed by atoms with van der Waals surface area (Å²) in [5.41, 5.74) is 16.3. The van der Waals surface area contributed by atoms with Crippen LogP contribution in [0.1, 0.15) is 0 Å². The normalized spacial score (nSPS) is 51.8. The Kier molecular flexibility index (Phi) is 24.7. The van der Waals surface area contributed by atoms with Crippen LogP contribution >= 0.6 is 0 Å².